The number of rotatable bonds is 3. The lowest BCUT2D eigenvalue weighted by molar-refractivity contribution is -0.384. The number of aromatic nitrogens is 2. The Balaban J connectivity index is 2.44. The summed E-state index contributed by atoms with van der Waals surface area (Å²) < 4.78 is 1.79. The minimum atomic E-state index is -1.13. The van der Waals surface area contributed by atoms with E-state index >= 15 is 0 Å². The minimum absolute atomic E-state index is 0.0590. The van der Waals surface area contributed by atoms with E-state index in [-0.39, 0.29) is 11.4 Å². The van der Waals surface area contributed by atoms with Crippen molar-refractivity contribution in [3.05, 3.63) is 50.7 Å². The summed E-state index contributed by atoms with van der Waals surface area (Å²) >= 11 is 3.19. The van der Waals surface area contributed by atoms with Crippen molar-refractivity contribution in [3.63, 3.8) is 0 Å². The van der Waals surface area contributed by atoms with Crippen LogP contribution in [0.25, 0.3) is 5.69 Å². The molecule has 0 atom stereocenters. The molecule has 2 aromatic rings. The Morgan fingerprint density at radius 1 is 1.44 bits per heavy atom. The molecular formula is C10H6BrN3O4. The number of hydrogen-bond donors (Lipinski definition) is 1. The number of non-ortho nitro benzene ring substituents is 1. The molecule has 1 aromatic heterocycles. The minimum Gasteiger partial charge on any atom is -0.476 e. The lowest BCUT2D eigenvalue weighted by atomic mass is 10.3. The molecule has 18 heavy (non-hydrogen) atoms. The number of hydrogen-bond acceptors (Lipinski definition) is 4. The van der Waals surface area contributed by atoms with Crippen molar-refractivity contribution in [2.75, 3.05) is 0 Å². The highest BCUT2D eigenvalue weighted by Crippen LogP contribution is 2.25. The van der Waals surface area contributed by atoms with Crippen molar-refractivity contribution in [2.45, 2.75) is 0 Å². The van der Waals surface area contributed by atoms with Crippen LogP contribution in [0.5, 0.6) is 0 Å². The monoisotopic (exact) mass is 311 g/mol. The van der Waals surface area contributed by atoms with E-state index in [1.165, 1.54) is 35.1 Å². The molecule has 0 amide bonds. The van der Waals surface area contributed by atoms with Crippen molar-refractivity contribution in [3.8, 4) is 5.69 Å². The molecule has 8 heteroatoms. The van der Waals surface area contributed by atoms with E-state index in [1.54, 1.807) is 0 Å². The highest BCUT2D eigenvalue weighted by molar-refractivity contribution is 9.10. The number of benzene rings is 1. The summed E-state index contributed by atoms with van der Waals surface area (Å²) in [5.74, 6) is -1.13. The first-order valence-electron chi connectivity index (χ1n) is 4.72. The standard InChI is InChI=1S/C10H6BrN3O4/c11-7-5-6(14(17)18)1-2-9(7)13-4-3-8(12-13)10(15)16/h1-5H,(H,15,16). The molecule has 0 unspecified atom stereocenters. The number of halogens is 1. The molecule has 1 N–H and O–H groups in total. The van der Waals surface area contributed by atoms with Crippen molar-refractivity contribution < 1.29 is 14.8 Å². The van der Waals surface area contributed by atoms with Gasteiger partial charge in [0.2, 0.25) is 0 Å². The van der Waals surface area contributed by atoms with Gasteiger partial charge in [-0.25, -0.2) is 9.48 Å². The lowest BCUT2D eigenvalue weighted by Crippen LogP contribution is -2.01. The molecule has 7 nitrogen and oxygen atoms in total. The summed E-state index contributed by atoms with van der Waals surface area (Å²) in [6.07, 6.45) is 1.47. The van der Waals surface area contributed by atoms with Crippen LogP contribution in [-0.2, 0) is 0 Å². The average molecular weight is 312 g/mol. The van der Waals surface area contributed by atoms with Crippen molar-refractivity contribution in [1.29, 1.82) is 0 Å². The van der Waals surface area contributed by atoms with Gasteiger partial charge in [-0.3, -0.25) is 10.1 Å². The first-order chi connectivity index (χ1) is 8.49. The van der Waals surface area contributed by atoms with Gasteiger partial charge in [-0.15, -0.1) is 0 Å². The molecule has 0 bridgehead atoms. The lowest BCUT2D eigenvalue weighted by Gasteiger charge is -2.03. The Morgan fingerprint density at radius 2 is 2.17 bits per heavy atom. The summed E-state index contributed by atoms with van der Waals surface area (Å²) in [7, 11) is 0. The summed E-state index contributed by atoms with van der Waals surface area (Å²) in [4.78, 5) is 20.8. The van der Waals surface area contributed by atoms with E-state index in [9.17, 15) is 14.9 Å². The molecule has 0 aliphatic rings. The molecule has 0 radical (unpaired) electrons. The van der Waals surface area contributed by atoms with Crippen molar-refractivity contribution in [1.82, 2.24) is 9.78 Å². The number of carboxylic acids is 1. The van der Waals surface area contributed by atoms with Crippen LogP contribution in [0, 0.1) is 10.1 Å². The van der Waals surface area contributed by atoms with Gasteiger partial charge >= 0.3 is 5.97 Å². The molecule has 2 rings (SSSR count). The van der Waals surface area contributed by atoms with Crippen LogP contribution in [0.2, 0.25) is 0 Å². The first kappa shape index (κ1) is 12.2. The Bertz CT molecular complexity index is 638. The van der Waals surface area contributed by atoms with Gasteiger partial charge < -0.3 is 5.11 Å². The number of carbonyl (C=O) groups is 1. The van der Waals surface area contributed by atoms with Crippen LogP contribution in [0.3, 0.4) is 0 Å². The van der Waals surface area contributed by atoms with Crippen LogP contribution < -0.4 is 0 Å². The highest BCUT2D eigenvalue weighted by Gasteiger charge is 2.13. The molecule has 1 heterocycles. The average Bonchev–Trinajstić information content (AvgIpc) is 2.78. The van der Waals surface area contributed by atoms with Crippen molar-refractivity contribution >= 4 is 27.6 Å². The second kappa shape index (κ2) is 4.57. The SMILES string of the molecule is O=C(O)c1ccn(-c2ccc([N+](=O)[O-])cc2Br)n1. The Morgan fingerprint density at radius 3 is 2.67 bits per heavy atom. The van der Waals surface area contributed by atoms with Crippen molar-refractivity contribution in [2.24, 2.45) is 0 Å². The largest absolute Gasteiger partial charge is 0.476 e. The van der Waals surface area contributed by atoms with Crippen LogP contribution in [0.1, 0.15) is 10.5 Å². The van der Waals surface area contributed by atoms with E-state index in [1.807, 2.05) is 0 Å². The fourth-order valence-electron chi connectivity index (χ4n) is 1.37. The highest BCUT2D eigenvalue weighted by atomic mass is 79.9. The number of nitrogens with zero attached hydrogens (tertiary/aromatic N) is 3. The van der Waals surface area contributed by atoms with E-state index in [0.29, 0.717) is 10.2 Å². The quantitative estimate of drug-likeness (QED) is 0.692. The zero-order chi connectivity index (χ0) is 13.3. The van der Waals surface area contributed by atoms with Gasteiger partial charge in [0.25, 0.3) is 5.69 Å². The summed E-state index contributed by atoms with van der Waals surface area (Å²) in [6.45, 7) is 0. The molecule has 0 saturated heterocycles. The van der Waals surface area contributed by atoms with Gasteiger partial charge in [0.15, 0.2) is 5.69 Å². The second-order valence-corrected chi connectivity index (χ2v) is 4.20. The zero-order valence-electron chi connectivity index (χ0n) is 8.78. The molecule has 0 spiro atoms. The predicted molar refractivity (Wildman–Crippen MR) is 64.9 cm³/mol. The van der Waals surface area contributed by atoms with E-state index in [0.717, 1.165) is 0 Å². The van der Waals surface area contributed by atoms with Gasteiger partial charge in [0.1, 0.15) is 0 Å². The Labute approximate surface area is 109 Å². The fraction of sp³-hybridized carbons (Fsp3) is 0. The number of nitro groups is 1. The van der Waals surface area contributed by atoms with Gasteiger partial charge in [-0.05, 0) is 28.1 Å². The van der Waals surface area contributed by atoms with E-state index < -0.39 is 10.9 Å². The number of carboxylic acid groups (broad SMARTS) is 1. The van der Waals surface area contributed by atoms with Crippen LogP contribution >= 0.6 is 15.9 Å². The maximum Gasteiger partial charge on any atom is 0.356 e. The molecule has 0 fully saturated rings. The predicted octanol–water partition coefficient (Wildman–Crippen LogP) is 2.24. The van der Waals surface area contributed by atoms with E-state index in [2.05, 4.69) is 21.0 Å². The third-order valence-electron chi connectivity index (χ3n) is 2.20. The fourth-order valence-corrected chi connectivity index (χ4v) is 1.92. The third kappa shape index (κ3) is 2.23. The van der Waals surface area contributed by atoms with Crippen LogP contribution in [0.4, 0.5) is 5.69 Å². The van der Waals surface area contributed by atoms with Gasteiger partial charge in [-0.1, -0.05) is 0 Å². The van der Waals surface area contributed by atoms with Gasteiger partial charge in [-0.2, -0.15) is 5.10 Å². The molecule has 1 aromatic carbocycles. The number of nitro benzene ring substituents is 1. The summed E-state index contributed by atoms with van der Waals surface area (Å²) in [5, 5.41) is 23.2. The summed E-state index contributed by atoms with van der Waals surface area (Å²) in [5.41, 5.74) is 0.365. The maximum atomic E-state index is 10.7. The maximum absolute atomic E-state index is 10.7. The summed E-state index contributed by atoms with van der Waals surface area (Å²) in [6, 6.07) is 5.48. The van der Waals surface area contributed by atoms with E-state index in [4.69, 9.17) is 5.11 Å². The van der Waals surface area contributed by atoms with Crippen LogP contribution in [0.15, 0.2) is 34.9 Å². The normalized spacial score (nSPS) is 10.3. The molecule has 0 saturated carbocycles. The number of aromatic carboxylic acids is 1. The molecule has 92 valence electrons. The topological polar surface area (TPSA) is 98.3 Å². The molecule has 0 aliphatic heterocycles. The molecular weight excluding hydrogens is 306 g/mol. The smallest absolute Gasteiger partial charge is 0.356 e. The van der Waals surface area contributed by atoms with Gasteiger partial charge in [0, 0.05) is 18.3 Å². The second-order valence-electron chi connectivity index (χ2n) is 3.34. The van der Waals surface area contributed by atoms with Crippen LogP contribution in [-0.4, -0.2) is 25.8 Å². The molecule has 0 aliphatic carbocycles. The zero-order valence-corrected chi connectivity index (χ0v) is 10.4. The first-order valence-corrected chi connectivity index (χ1v) is 5.51. The Kier molecular flexibility index (Phi) is 3.11. The Hall–Kier alpha value is -2.22. The third-order valence-corrected chi connectivity index (χ3v) is 2.83. The van der Waals surface area contributed by atoms with Gasteiger partial charge in [0.05, 0.1) is 15.1 Å².